The number of fused-ring (bicyclic) bond motifs is 1. The van der Waals surface area contributed by atoms with Gasteiger partial charge in [0.15, 0.2) is 0 Å². The monoisotopic (exact) mass is 358 g/mol. The van der Waals surface area contributed by atoms with Gasteiger partial charge in [0.05, 0.1) is 30.8 Å². The quantitative estimate of drug-likeness (QED) is 0.876. The summed E-state index contributed by atoms with van der Waals surface area (Å²) in [5.41, 5.74) is 1.65. The van der Waals surface area contributed by atoms with Crippen molar-refractivity contribution in [3.05, 3.63) is 42.0 Å². The molecule has 25 heavy (non-hydrogen) atoms. The third kappa shape index (κ3) is 3.56. The van der Waals surface area contributed by atoms with Crippen LogP contribution in [0.5, 0.6) is 11.5 Å². The van der Waals surface area contributed by atoms with Gasteiger partial charge in [0.2, 0.25) is 5.91 Å². The van der Waals surface area contributed by atoms with Crippen LogP contribution in [-0.4, -0.2) is 31.3 Å². The van der Waals surface area contributed by atoms with E-state index < -0.39 is 0 Å². The zero-order valence-corrected chi connectivity index (χ0v) is 14.9. The average molecular weight is 358 g/mol. The van der Waals surface area contributed by atoms with E-state index in [0.29, 0.717) is 28.4 Å². The zero-order valence-electron chi connectivity index (χ0n) is 14.1. The normalized spacial score (nSPS) is 15.8. The van der Waals surface area contributed by atoms with E-state index in [2.05, 4.69) is 10.6 Å². The van der Waals surface area contributed by atoms with Crippen LogP contribution in [-0.2, 0) is 4.79 Å². The molecule has 6 nitrogen and oxygen atoms in total. The van der Waals surface area contributed by atoms with Crippen LogP contribution in [0.2, 0.25) is 0 Å². The molecule has 1 atom stereocenters. The Balaban J connectivity index is 1.83. The maximum atomic E-state index is 12.6. The predicted molar refractivity (Wildman–Crippen MR) is 97.9 cm³/mol. The van der Waals surface area contributed by atoms with E-state index in [4.69, 9.17) is 9.47 Å². The molecule has 0 spiro atoms. The van der Waals surface area contributed by atoms with Crippen LogP contribution in [0.1, 0.15) is 17.3 Å². The van der Waals surface area contributed by atoms with Crippen molar-refractivity contribution in [3.8, 4) is 11.5 Å². The third-order valence-corrected chi connectivity index (χ3v) is 5.01. The van der Waals surface area contributed by atoms with E-state index in [1.165, 1.54) is 18.9 Å². The van der Waals surface area contributed by atoms with E-state index in [0.717, 1.165) is 4.90 Å². The highest BCUT2D eigenvalue weighted by Crippen LogP contribution is 2.36. The van der Waals surface area contributed by atoms with E-state index in [1.54, 1.807) is 37.4 Å². The standard InChI is InChI=1S/C18H18N2O4S/c1-10-17(21)20-14-8-11(4-7-16(14)25-10)18(22)19-13-6-5-12(23-2)9-15(13)24-3/h4-10H,1-3H3,(H,19,22)(H,20,21)/t10-/m1/s1. The fourth-order valence-electron chi connectivity index (χ4n) is 2.45. The number of benzene rings is 2. The van der Waals surface area contributed by atoms with E-state index >= 15 is 0 Å². The molecule has 2 aromatic carbocycles. The lowest BCUT2D eigenvalue weighted by Gasteiger charge is -2.21. The highest BCUT2D eigenvalue weighted by atomic mass is 32.2. The fraction of sp³-hybridized carbons (Fsp3) is 0.222. The lowest BCUT2D eigenvalue weighted by Crippen LogP contribution is -2.26. The summed E-state index contributed by atoms with van der Waals surface area (Å²) in [5.74, 6) is 0.789. The average Bonchev–Trinajstić information content (AvgIpc) is 2.62. The van der Waals surface area contributed by atoms with Gasteiger partial charge in [0.1, 0.15) is 11.5 Å². The SMILES string of the molecule is COc1ccc(NC(=O)c2ccc3c(c2)NC(=O)[C@@H](C)S3)c(OC)c1. The Hall–Kier alpha value is -2.67. The Bertz CT molecular complexity index is 838. The summed E-state index contributed by atoms with van der Waals surface area (Å²) in [6, 6.07) is 10.4. The van der Waals surface area contributed by atoms with Gasteiger partial charge in [-0.3, -0.25) is 9.59 Å². The van der Waals surface area contributed by atoms with Gasteiger partial charge < -0.3 is 20.1 Å². The smallest absolute Gasteiger partial charge is 0.255 e. The second-order valence-electron chi connectivity index (χ2n) is 5.48. The largest absolute Gasteiger partial charge is 0.497 e. The molecular formula is C18H18N2O4S. The van der Waals surface area contributed by atoms with Crippen molar-refractivity contribution in [1.29, 1.82) is 0 Å². The van der Waals surface area contributed by atoms with Crippen LogP contribution in [0.4, 0.5) is 11.4 Å². The third-order valence-electron chi connectivity index (χ3n) is 3.83. The summed E-state index contributed by atoms with van der Waals surface area (Å²) in [5, 5.41) is 5.50. The number of rotatable bonds is 4. The summed E-state index contributed by atoms with van der Waals surface area (Å²) in [6.07, 6.45) is 0. The Morgan fingerprint density at radius 2 is 1.96 bits per heavy atom. The maximum Gasteiger partial charge on any atom is 0.255 e. The van der Waals surface area contributed by atoms with Gasteiger partial charge in [-0.05, 0) is 37.3 Å². The Morgan fingerprint density at radius 3 is 2.68 bits per heavy atom. The van der Waals surface area contributed by atoms with Crippen molar-refractivity contribution < 1.29 is 19.1 Å². The van der Waals surface area contributed by atoms with Crippen LogP contribution in [0, 0.1) is 0 Å². The number of hydrogen-bond donors (Lipinski definition) is 2. The Kier molecular flexibility index (Phi) is 4.85. The van der Waals surface area contributed by atoms with E-state index in [1.807, 2.05) is 13.0 Å². The van der Waals surface area contributed by atoms with Crippen LogP contribution in [0.3, 0.4) is 0 Å². The second kappa shape index (κ2) is 7.06. The molecule has 0 bridgehead atoms. The van der Waals surface area contributed by atoms with Gasteiger partial charge in [0, 0.05) is 16.5 Å². The predicted octanol–water partition coefficient (Wildman–Crippen LogP) is 3.39. The van der Waals surface area contributed by atoms with Crippen molar-refractivity contribution in [2.75, 3.05) is 24.9 Å². The number of amides is 2. The van der Waals surface area contributed by atoms with Crippen molar-refractivity contribution in [2.45, 2.75) is 17.1 Å². The van der Waals surface area contributed by atoms with Crippen LogP contribution >= 0.6 is 11.8 Å². The lowest BCUT2D eigenvalue weighted by molar-refractivity contribution is -0.115. The van der Waals surface area contributed by atoms with Gasteiger partial charge in [-0.1, -0.05) is 0 Å². The number of hydrogen-bond acceptors (Lipinski definition) is 5. The summed E-state index contributed by atoms with van der Waals surface area (Å²) in [7, 11) is 3.09. The molecule has 2 amide bonds. The molecular weight excluding hydrogens is 340 g/mol. The second-order valence-corrected chi connectivity index (χ2v) is 6.86. The van der Waals surface area contributed by atoms with Crippen LogP contribution in [0.25, 0.3) is 0 Å². The molecule has 0 fully saturated rings. The van der Waals surface area contributed by atoms with Gasteiger partial charge in [-0.15, -0.1) is 11.8 Å². The number of methoxy groups -OCH3 is 2. The molecule has 0 aliphatic carbocycles. The number of ether oxygens (including phenoxy) is 2. The first kappa shape index (κ1) is 17.2. The van der Waals surface area contributed by atoms with Crippen LogP contribution in [0.15, 0.2) is 41.3 Å². The van der Waals surface area contributed by atoms with Crippen molar-refractivity contribution in [2.24, 2.45) is 0 Å². The van der Waals surface area contributed by atoms with Gasteiger partial charge in [-0.25, -0.2) is 0 Å². The molecule has 1 heterocycles. The Morgan fingerprint density at radius 1 is 1.16 bits per heavy atom. The molecule has 3 rings (SSSR count). The van der Waals surface area contributed by atoms with Gasteiger partial charge in [0.25, 0.3) is 5.91 Å². The molecule has 1 aliphatic heterocycles. The molecule has 0 saturated carbocycles. The lowest BCUT2D eigenvalue weighted by atomic mass is 10.1. The molecule has 7 heteroatoms. The molecule has 2 N–H and O–H groups in total. The van der Waals surface area contributed by atoms with Crippen molar-refractivity contribution >= 4 is 35.0 Å². The van der Waals surface area contributed by atoms with E-state index in [9.17, 15) is 9.59 Å². The number of thioether (sulfide) groups is 1. The van der Waals surface area contributed by atoms with Crippen LogP contribution < -0.4 is 20.1 Å². The molecule has 1 aliphatic rings. The fourth-order valence-corrected chi connectivity index (χ4v) is 3.38. The van der Waals surface area contributed by atoms with Gasteiger partial charge in [-0.2, -0.15) is 0 Å². The summed E-state index contributed by atoms with van der Waals surface area (Å²) >= 11 is 1.48. The van der Waals surface area contributed by atoms with Crippen molar-refractivity contribution in [1.82, 2.24) is 0 Å². The molecule has 0 aromatic heterocycles. The zero-order chi connectivity index (χ0) is 18.0. The number of carbonyl (C=O) groups is 2. The minimum absolute atomic E-state index is 0.0631. The number of nitrogens with one attached hydrogen (secondary N) is 2. The van der Waals surface area contributed by atoms with Crippen molar-refractivity contribution in [3.63, 3.8) is 0 Å². The number of carbonyl (C=O) groups excluding carboxylic acids is 2. The molecule has 0 unspecified atom stereocenters. The summed E-state index contributed by atoms with van der Waals surface area (Å²) in [6.45, 7) is 1.85. The summed E-state index contributed by atoms with van der Waals surface area (Å²) < 4.78 is 10.4. The number of anilines is 2. The first-order chi connectivity index (χ1) is 12.0. The molecule has 0 saturated heterocycles. The molecule has 130 valence electrons. The minimum atomic E-state index is -0.288. The molecule has 0 radical (unpaired) electrons. The highest BCUT2D eigenvalue weighted by molar-refractivity contribution is 8.00. The maximum absolute atomic E-state index is 12.6. The highest BCUT2D eigenvalue weighted by Gasteiger charge is 2.24. The first-order valence-corrected chi connectivity index (χ1v) is 8.54. The van der Waals surface area contributed by atoms with Gasteiger partial charge >= 0.3 is 0 Å². The minimum Gasteiger partial charge on any atom is -0.497 e. The first-order valence-electron chi connectivity index (χ1n) is 7.66. The Labute approximate surface area is 149 Å². The molecule has 2 aromatic rings. The summed E-state index contributed by atoms with van der Waals surface area (Å²) in [4.78, 5) is 25.3. The topological polar surface area (TPSA) is 76.7 Å². The van der Waals surface area contributed by atoms with E-state index in [-0.39, 0.29) is 17.1 Å².